The van der Waals surface area contributed by atoms with E-state index in [1.807, 2.05) is 54.6 Å². The van der Waals surface area contributed by atoms with Gasteiger partial charge in [0.15, 0.2) is 18.5 Å². The molecule has 0 fully saturated rings. The average Bonchev–Trinajstić information content (AvgIpc) is 3.51. The first-order chi connectivity index (χ1) is 21.4. The van der Waals surface area contributed by atoms with Gasteiger partial charge in [0.1, 0.15) is 17.2 Å². The fourth-order valence-electron chi connectivity index (χ4n) is 4.71. The maximum atomic E-state index is 12.4. The zero-order valence-electron chi connectivity index (χ0n) is 24.0. The predicted octanol–water partition coefficient (Wildman–Crippen LogP) is 2.78. The number of aromatic hydroxyl groups is 1. The number of carbonyl (C=O) groups is 2. The van der Waals surface area contributed by atoms with Gasteiger partial charge in [-0.2, -0.15) is 0 Å². The fraction of sp³-hybridized carbons (Fsp3) is 0.281. The molecule has 0 spiro atoms. The monoisotopic (exact) mass is 601 g/mol. The number of nitrogens with zero attached hydrogens (tertiary/aromatic N) is 1. The van der Waals surface area contributed by atoms with Gasteiger partial charge in [-0.25, -0.2) is 4.98 Å². The largest absolute Gasteiger partial charge is 0.506 e. The molecule has 44 heavy (non-hydrogen) atoms. The lowest BCUT2D eigenvalue weighted by Crippen LogP contribution is -2.27. The van der Waals surface area contributed by atoms with Gasteiger partial charge in [-0.05, 0) is 35.4 Å². The number of amides is 2. The zero-order chi connectivity index (χ0) is 30.9. The van der Waals surface area contributed by atoms with Crippen LogP contribution in [0.15, 0.2) is 77.3 Å². The molecule has 2 amide bonds. The SMILES string of the molecule is O=C(CCNCCc1cnc(C(O)c2ccccc2)o1)Nc1ccc(CNCC(O)c2ccc(O)c3c2OCC(=O)N3)cc1. The summed E-state index contributed by atoms with van der Waals surface area (Å²) in [6.07, 6.45) is 0.642. The normalized spacial score (nSPS) is 13.8. The van der Waals surface area contributed by atoms with Crippen molar-refractivity contribution in [2.45, 2.75) is 31.6 Å². The van der Waals surface area contributed by atoms with Gasteiger partial charge in [0.2, 0.25) is 11.8 Å². The van der Waals surface area contributed by atoms with E-state index < -0.39 is 12.2 Å². The molecule has 5 rings (SSSR count). The van der Waals surface area contributed by atoms with E-state index in [2.05, 4.69) is 26.3 Å². The Balaban J connectivity index is 0.982. The molecule has 0 saturated heterocycles. The Morgan fingerprint density at radius 1 is 1.00 bits per heavy atom. The topological polar surface area (TPSA) is 178 Å². The molecule has 0 radical (unpaired) electrons. The molecule has 0 aliphatic carbocycles. The number of hydrogen-bond donors (Lipinski definition) is 7. The number of anilines is 2. The molecule has 12 heteroatoms. The van der Waals surface area contributed by atoms with Crippen LogP contribution in [0.25, 0.3) is 0 Å². The highest BCUT2D eigenvalue weighted by Crippen LogP contribution is 2.41. The Bertz CT molecular complexity index is 1560. The summed E-state index contributed by atoms with van der Waals surface area (Å²) in [6.45, 7) is 1.60. The van der Waals surface area contributed by atoms with Gasteiger partial charge in [0.05, 0.1) is 12.3 Å². The first-order valence-corrected chi connectivity index (χ1v) is 14.3. The number of fused-ring (bicyclic) bond motifs is 1. The minimum Gasteiger partial charge on any atom is -0.506 e. The van der Waals surface area contributed by atoms with Crippen molar-refractivity contribution in [1.82, 2.24) is 15.6 Å². The molecule has 1 aliphatic rings. The molecule has 12 nitrogen and oxygen atoms in total. The first-order valence-electron chi connectivity index (χ1n) is 14.3. The number of hydrogen-bond acceptors (Lipinski definition) is 10. The van der Waals surface area contributed by atoms with Crippen LogP contribution >= 0.6 is 0 Å². The van der Waals surface area contributed by atoms with Crippen LogP contribution in [0.3, 0.4) is 0 Å². The first kappa shape index (κ1) is 30.7. The third-order valence-corrected chi connectivity index (χ3v) is 7.04. The third-order valence-electron chi connectivity index (χ3n) is 7.04. The summed E-state index contributed by atoms with van der Waals surface area (Å²) < 4.78 is 11.1. The highest BCUT2D eigenvalue weighted by atomic mass is 16.5. The van der Waals surface area contributed by atoms with Crippen molar-refractivity contribution in [2.75, 3.05) is 36.9 Å². The van der Waals surface area contributed by atoms with Crippen LogP contribution < -0.4 is 26.0 Å². The van der Waals surface area contributed by atoms with E-state index in [4.69, 9.17) is 9.15 Å². The molecule has 3 aromatic carbocycles. The molecular weight excluding hydrogens is 566 g/mol. The summed E-state index contributed by atoms with van der Waals surface area (Å²) >= 11 is 0. The molecule has 2 heterocycles. The van der Waals surface area contributed by atoms with E-state index in [-0.39, 0.29) is 48.0 Å². The standard InChI is InChI=1S/C32H35N5O7/c38-25-11-10-24(31-29(25)37-28(41)19-43-31)26(39)18-34-16-20-6-8-22(9-7-20)36-27(40)13-15-33-14-12-23-17-35-32(44-23)30(42)21-4-2-1-3-5-21/h1-11,17,26,30,33-34,38-39,42H,12-16,18-19H2,(H,36,40)(H,37,41). The van der Waals surface area contributed by atoms with Crippen LogP contribution in [0, 0.1) is 0 Å². The van der Waals surface area contributed by atoms with Crippen LogP contribution in [0.4, 0.5) is 11.4 Å². The number of oxazole rings is 1. The van der Waals surface area contributed by atoms with Gasteiger partial charge in [-0.1, -0.05) is 42.5 Å². The molecule has 4 aromatic rings. The van der Waals surface area contributed by atoms with Gasteiger partial charge in [0.25, 0.3) is 5.91 Å². The van der Waals surface area contributed by atoms with Crippen LogP contribution in [0.1, 0.15) is 47.0 Å². The van der Waals surface area contributed by atoms with E-state index in [1.54, 1.807) is 12.3 Å². The number of aromatic nitrogens is 1. The van der Waals surface area contributed by atoms with E-state index in [9.17, 15) is 24.9 Å². The van der Waals surface area contributed by atoms with Crippen molar-refractivity contribution in [3.05, 3.63) is 101 Å². The molecule has 2 atom stereocenters. The molecule has 0 bridgehead atoms. The number of rotatable bonds is 14. The van der Waals surface area contributed by atoms with Crippen LogP contribution in [-0.4, -0.2) is 58.4 Å². The van der Waals surface area contributed by atoms with Gasteiger partial charge < -0.3 is 45.7 Å². The Labute approximate surface area is 254 Å². The number of nitrogens with one attached hydrogen (secondary N) is 4. The van der Waals surface area contributed by atoms with Crippen molar-refractivity contribution in [1.29, 1.82) is 0 Å². The van der Waals surface area contributed by atoms with Crippen molar-refractivity contribution in [3.8, 4) is 11.5 Å². The van der Waals surface area contributed by atoms with Gasteiger partial charge in [-0.3, -0.25) is 9.59 Å². The van der Waals surface area contributed by atoms with Gasteiger partial charge in [-0.15, -0.1) is 0 Å². The number of aliphatic hydroxyl groups excluding tert-OH is 2. The third kappa shape index (κ3) is 7.99. The molecule has 0 saturated carbocycles. The van der Waals surface area contributed by atoms with Crippen LogP contribution in [0.2, 0.25) is 0 Å². The number of ether oxygens (including phenoxy) is 1. The van der Waals surface area contributed by atoms with Gasteiger partial charge >= 0.3 is 0 Å². The lowest BCUT2D eigenvalue weighted by Gasteiger charge is -2.24. The predicted molar refractivity (Wildman–Crippen MR) is 162 cm³/mol. The van der Waals surface area contributed by atoms with Crippen LogP contribution in [0.5, 0.6) is 11.5 Å². The molecule has 7 N–H and O–H groups in total. The van der Waals surface area contributed by atoms with Crippen molar-refractivity contribution < 1.29 is 34.1 Å². The minimum atomic E-state index is -0.924. The van der Waals surface area contributed by atoms with Crippen molar-refractivity contribution in [2.24, 2.45) is 0 Å². The second kappa shape index (κ2) is 14.6. The summed E-state index contributed by atoms with van der Waals surface area (Å²) in [4.78, 5) is 28.1. The molecular formula is C32H35N5O7. The Morgan fingerprint density at radius 2 is 1.80 bits per heavy atom. The quantitative estimate of drug-likeness (QED) is 0.0840. The van der Waals surface area contributed by atoms with Crippen LogP contribution in [-0.2, 0) is 22.6 Å². The molecule has 1 aromatic heterocycles. The van der Waals surface area contributed by atoms with E-state index >= 15 is 0 Å². The number of carbonyl (C=O) groups excluding carboxylic acids is 2. The Kier molecular flexibility index (Phi) is 10.2. The summed E-state index contributed by atoms with van der Waals surface area (Å²) in [6, 6.07) is 19.6. The van der Waals surface area contributed by atoms with Gasteiger partial charge in [0, 0.05) is 50.3 Å². The fourth-order valence-corrected chi connectivity index (χ4v) is 4.71. The summed E-state index contributed by atoms with van der Waals surface area (Å²) in [5.41, 5.74) is 2.97. The number of benzene rings is 3. The summed E-state index contributed by atoms with van der Waals surface area (Å²) in [5.74, 6) is 0.556. The maximum absolute atomic E-state index is 12.4. The minimum absolute atomic E-state index is 0.116. The number of phenols is 1. The Morgan fingerprint density at radius 3 is 2.59 bits per heavy atom. The lowest BCUT2D eigenvalue weighted by molar-refractivity contribution is -0.118. The molecule has 2 unspecified atom stereocenters. The molecule has 1 aliphatic heterocycles. The highest BCUT2D eigenvalue weighted by Gasteiger charge is 2.25. The zero-order valence-corrected chi connectivity index (χ0v) is 24.0. The number of aliphatic hydroxyl groups is 2. The van der Waals surface area contributed by atoms with Crippen molar-refractivity contribution in [3.63, 3.8) is 0 Å². The lowest BCUT2D eigenvalue weighted by atomic mass is 10.0. The summed E-state index contributed by atoms with van der Waals surface area (Å²) in [7, 11) is 0. The maximum Gasteiger partial charge on any atom is 0.262 e. The average molecular weight is 602 g/mol. The number of phenolic OH excluding ortho intramolecular Hbond substituents is 1. The second-order valence-corrected chi connectivity index (χ2v) is 10.3. The second-order valence-electron chi connectivity index (χ2n) is 10.3. The smallest absolute Gasteiger partial charge is 0.262 e. The highest BCUT2D eigenvalue weighted by molar-refractivity contribution is 5.97. The Hall–Kier alpha value is -4.75. The van der Waals surface area contributed by atoms with E-state index in [0.29, 0.717) is 55.1 Å². The summed E-state index contributed by atoms with van der Waals surface area (Å²) in [5, 5.41) is 42.9. The van der Waals surface area contributed by atoms with Crippen molar-refractivity contribution >= 4 is 23.2 Å². The molecule has 230 valence electrons. The van der Waals surface area contributed by atoms with E-state index in [1.165, 1.54) is 6.07 Å². The van der Waals surface area contributed by atoms with E-state index in [0.717, 1.165) is 5.56 Å².